The summed E-state index contributed by atoms with van der Waals surface area (Å²) in [6.45, 7) is 0. The molecule has 1 aromatic rings. The Hall–Kier alpha value is -1.31. The number of ketones is 1. The number of benzene rings is 1. The van der Waals surface area contributed by atoms with Crippen LogP contribution in [0.25, 0.3) is 0 Å². The molecular weight excluding hydrogens is 356 g/mol. The first-order valence-corrected chi connectivity index (χ1v) is 10.6. The molecule has 0 aromatic heterocycles. The molecule has 5 nitrogen and oxygen atoms in total. The van der Waals surface area contributed by atoms with Crippen LogP contribution in [0, 0.1) is 5.92 Å². The molecule has 0 radical (unpaired) electrons. The van der Waals surface area contributed by atoms with Gasteiger partial charge in [-0.05, 0) is 18.4 Å². The molecule has 0 aliphatic carbocycles. The van der Waals surface area contributed by atoms with E-state index in [1.54, 1.807) is 16.7 Å². The molecule has 25 heavy (non-hydrogen) atoms. The molecule has 3 rings (SSSR count). The Balaban J connectivity index is 1.54. The van der Waals surface area contributed by atoms with Crippen LogP contribution in [0.4, 0.5) is 0 Å². The van der Waals surface area contributed by atoms with Crippen molar-refractivity contribution in [1.29, 1.82) is 0 Å². The molecule has 7 heteroatoms. The molecule has 0 spiro atoms. The molecule has 3 atom stereocenters. The van der Waals surface area contributed by atoms with Crippen LogP contribution in [-0.2, 0) is 20.8 Å². The number of Topliss-reactive ketones (excluding diaryl/α,β-unsaturated/α-hetero) is 1. The Morgan fingerprint density at radius 1 is 1.24 bits per heavy atom. The predicted octanol–water partition coefficient (Wildman–Crippen LogP) is 1.91. The van der Waals surface area contributed by atoms with Crippen molar-refractivity contribution in [2.75, 3.05) is 17.4 Å². The van der Waals surface area contributed by atoms with E-state index < -0.39 is 12.1 Å². The number of nitrogens with one attached hydrogen (secondary N) is 1. The summed E-state index contributed by atoms with van der Waals surface area (Å²) in [5, 5.41) is 0. The zero-order valence-corrected chi connectivity index (χ0v) is 15.6. The van der Waals surface area contributed by atoms with Crippen LogP contribution >= 0.6 is 23.7 Å². The van der Waals surface area contributed by atoms with Crippen LogP contribution in [0.5, 0.6) is 0 Å². The maximum absolute atomic E-state index is 12.8. The maximum atomic E-state index is 12.8. The zero-order valence-electron chi connectivity index (χ0n) is 13.9. The van der Waals surface area contributed by atoms with Gasteiger partial charge in [0.15, 0.2) is 5.78 Å². The summed E-state index contributed by atoms with van der Waals surface area (Å²) >= 11 is 3.02. The molecular formula is C18H22N2O3S2. The highest BCUT2D eigenvalue weighted by molar-refractivity contribution is 7.99. The van der Waals surface area contributed by atoms with Crippen molar-refractivity contribution in [1.82, 2.24) is 9.62 Å². The number of carbonyl (C=O) groups is 3. The Morgan fingerprint density at radius 2 is 2.04 bits per heavy atom. The van der Waals surface area contributed by atoms with Gasteiger partial charge in [-0.15, -0.1) is 11.8 Å². The van der Waals surface area contributed by atoms with Crippen molar-refractivity contribution in [2.45, 2.75) is 31.3 Å². The van der Waals surface area contributed by atoms with Gasteiger partial charge < -0.3 is 9.69 Å². The van der Waals surface area contributed by atoms with Gasteiger partial charge in [0.2, 0.25) is 5.91 Å². The van der Waals surface area contributed by atoms with Crippen molar-refractivity contribution in [3.8, 4) is 0 Å². The molecule has 2 heterocycles. The summed E-state index contributed by atoms with van der Waals surface area (Å²) in [4.78, 5) is 38.2. The van der Waals surface area contributed by atoms with E-state index in [0.29, 0.717) is 23.8 Å². The van der Waals surface area contributed by atoms with E-state index in [0.717, 1.165) is 19.1 Å². The molecule has 1 N–H and O–H groups in total. The van der Waals surface area contributed by atoms with Crippen molar-refractivity contribution < 1.29 is 14.4 Å². The first kappa shape index (κ1) is 18.5. The number of carbonyl (C=O) groups excluding carboxylic acids is 3. The van der Waals surface area contributed by atoms with Crippen LogP contribution < -0.4 is 4.72 Å². The lowest BCUT2D eigenvalue weighted by Crippen LogP contribution is -2.50. The quantitative estimate of drug-likeness (QED) is 0.578. The standard InChI is InChI=1S/C18H22N2O3S2/c21-9-14-10-25-19-17(14)18(23)15-11-24-12-20(15)16(22)8-4-7-13-5-2-1-3-6-13/h1-3,5-6,9,14-15,17,19H,4,7-8,10-12H2. The second-order valence-corrected chi connectivity index (χ2v) is 8.18. The van der Waals surface area contributed by atoms with Gasteiger partial charge in [-0.2, -0.15) is 0 Å². The van der Waals surface area contributed by atoms with E-state index in [9.17, 15) is 14.4 Å². The monoisotopic (exact) mass is 378 g/mol. The highest BCUT2D eigenvalue weighted by Crippen LogP contribution is 2.28. The average Bonchev–Trinajstić information content (AvgIpc) is 3.31. The van der Waals surface area contributed by atoms with E-state index in [-0.39, 0.29) is 17.6 Å². The van der Waals surface area contributed by atoms with Crippen LogP contribution in [0.2, 0.25) is 0 Å². The van der Waals surface area contributed by atoms with Gasteiger partial charge in [0, 0.05) is 23.8 Å². The first-order valence-electron chi connectivity index (χ1n) is 8.48. The van der Waals surface area contributed by atoms with Gasteiger partial charge in [0.1, 0.15) is 12.3 Å². The fourth-order valence-electron chi connectivity index (χ4n) is 3.17. The highest BCUT2D eigenvalue weighted by Gasteiger charge is 2.42. The summed E-state index contributed by atoms with van der Waals surface area (Å²) in [6, 6.07) is 9.22. The molecule has 134 valence electrons. The third kappa shape index (κ3) is 4.46. The van der Waals surface area contributed by atoms with E-state index >= 15 is 0 Å². The number of amides is 1. The maximum Gasteiger partial charge on any atom is 0.223 e. The highest BCUT2D eigenvalue weighted by atomic mass is 32.2. The average molecular weight is 379 g/mol. The van der Waals surface area contributed by atoms with E-state index in [1.807, 2.05) is 18.2 Å². The van der Waals surface area contributed by atoms with Crippen LogP contribution in [0.1, 0.15) is 18.4 Å². The molecule has 2 fully saturated rings. The Kier molecular flexibility index (Phi) is 6.56. The van der Waals surface area contributed by atoms with Crippen molar-refractivity contribution in [3.05, 3.63) is 35.9 Å². The normalized spacial score (nSPS) is 25.9. The Bertz CT molecular complexity index is 626. The van der Waals surface area contributed by atoms with Gasteiger partial charge in [-0.3, -0.25) is 14.3 Å². The van der Waals surface area contributed by atoms with Crippen molar-refractivity contribution >= 4 is 41.7 Å². The number of thioether (sulfide) groups is 1. The molecule has 2 saturated heterocycles. The molecule has 2 aliphatic rings. The number of nitrogens with zero attached hydrogens (tertiary/aromatic N) is 1. The SMILES string of the molecule is O=CC1CSNC1C(=O)C1CSCN1C(=O)CCCc1ccccc1. The third-order valence-electron chi connectivity index (χ3n) is 4.63. The second-order valence-electron chi connectivity index (χ2n) is 6.33. The van der Waals surface area contributed by atoms with Gasteiger partial charge in [-0.25, -0.2) is 0 Å². The largest absolute Gasteiger partial charge is 0.322 e. The molecule has 1 amide bonds. The minimum Gasteiger partial charge on any atom is -0.322 e. The summed E-state index contributed by atoms with van der Waals surface area (Å²) in [5.41, 5.74) is 1.22. The second kappa shape index (κ2) is 8.87. The molecule has 0 bridgehead atoms. The smallest absolute Gasteiger partial charge is 0.223 e. The fourth-order valence-corrected chi connectivity index (χ4v) is 5.39. The van der Waals surface area contributed by atoms with E-state index in [1.165, 1.54) is 17.5 Å². The van der Waals surface area contributed by atoms with Gasteiger partial charge in [-0.1, -0.05) is 42.3 Å². The predicted molar refractivity (Wildman–Crippen MR) is 101 cm³/mol. The summed E-state index contributed by atoms with van der Waals surface area (Å²) < 4.78 is 3.05. The van der Waals surface area contributed by atoms with E-state index in [2.05, 4.69) is 16.9 Å². The summed E-state index contributed by atoms with van der Waals surface area (Å²) in [7, 11) is 0. The van der Waals surface area contributed by atoms with E-state index in [4.69, 9.17) is 0 Å². The fraction of sp³-hybridized carbons (Fsp3) is 0.500. The molecule has 1 aromatic carbocycles. The summed E-state index contributed by atoms with van der Waals surface area (Å²) in [6.07, 6.45) is 2.94. The first-order chi connectivity index (χ1) is 12.2. The molecule has 0 saturated carbocycles. The Morgan fingerprint density at radius 3 is 2.80 bits per heavy atom. The number of hydrogen-bond acceptors (Lipinski definition) is 6. The lowest BCUT2D eigenvalue weighted by molar-refractivity contribution is -0.138. The van der Waals surface area contributed by atoms with Gasteiger partial charge in [0.25, 0.3) is 0 Å². The lowest BCUT2D eigenvalue weighted by atomic mass is 9.95. The van der Waals surface area contributed by atoms with Crippen LogP contribution in [-0.4, -0.2) is 52.3 Å². The zero-order chi connectivity index (χ0) is 17.6. The minimum absolute atomic E-state index is 0.0245. The molecule has 3 unspecified atom stereocenters. The number of hydrogen-bond donors (Lipinski definition) is 1. The Labute approximate surface area is 156 Å². The van der Waals surface area contributed by atoms with Gasteiger partial charge >= 0.3 is 0 Å². The van der Waals surface area contributed by atoms with Crippen molar-refractivity contribution in [3.63, 3.8) is 0 Å². The number of aryl methyl sites for hydroxylation is 1. The minimum atomic E-state index is -0.467. The van der Waals surface area contributed by atoms with Gasteiger partial charge in [0.05, 0.1) is 11.9 Å². The number of aldehydes is 1. The molecule has 2 aliphatic heterocycles. The van der Waals surface area contributed by atoms with Crippen molar-refractivity contribution in [2.24, 2.45) is 5.92 Å². The number of rotatable bonds is 7. The topological polar surface area (TPSA) is 66.5 Å². The lowest BCUT2D eigenvalue weighted by Gasteiger charge is -2.26. The third-order valence-corrected chi connectivity index (χ3v) is 6.61. The van der Waals surface area contributed by atoms with Crippen LogP contribution in [0.3, 0.4) is 0 Å². The van der Waals surface area contributed by atoms with Crippen LogP contribution in [0.15, 0.2) is 30.3 Å². The summed E-state index contributed by atoms with van der Waals surface area (Å²) in [5.74, 6) is 1.52.